The van der Waals surface area contributed by atoms with Gasteiger partial charge in [0.15, 0.2) is 0 Å². The van der Waals surface area contributed by atoms with E-state index in [1.807, 2.05) is 30.3 Å². The zero-order valence-electron chi connectivity index (χ0n) is 11.8. The molecule has 19 heavy (non-hydrogen) atoms. The first-order valence-corrected chi connectivity index (χ1v) is 7.12. The molecule has 1 aromatic rings. The van der Waals surface area contributed by atoms with Gasteiger partial charge in [-0.05, 0) is 31.9 Å². The molecule has 0 aromatic heterocycles. The van der Waals surface area contributed by atoms with Crippen LogP contribution in [0, 0.1) is 0 Å². The molecule has 2 atom stereocenters. The van der Waals surface area contributed by atoms with Gasteiger partial charge in [-0.1, -0.05) is 37.3 Å². The summed E-state index contributed by atoms with van der Waals surface area (Å²) in [6, 6.07) is 10.3. The molecular weight excluding hydrogens is 238 g/mol. The minimum Gasteiger partial charge on any atom is -0.462 e. The summed E-state index contributed by atoms with van der Waals surface area (Å²) in [5.41, 5.74) is 1.02. The third-order valence-corrected chi connectivity index (χ3v) is 3.92. The molecule has 1 aliphatic heterocycles. The van der Waals surface area contributed by atoms with Crippen LogP contribution in [0.1, 0.15) is 31.7 Å². The maximum Gasteiger partial charge on any atom is 0.310 e. The van der Waals surface area contributed by atoms with E-state index in [1.54, 1.807) is 0 Å². The summed E-state index contributed by atoms with van der Waals surface area (Å²) in [7, 11) is 2.15. The van der Waals surface area contributed by atoms with Crippen LogP contribution in [-0.2, 0) is 16.0 Å². The Labute approximate surface area is 115 Å². The molecule has 1 saturated heterocycles. The average Bonchev–Trinajstić information content (AvgIpc) is 2.42. The van der Waals surface area contributed by atoms with Gasteiger partial charge in [-0.2, -0.15) is 0 Å². The number of piperidine rings is 1. The quantitative estimate of drug-likeness (QED) is 0.780. The van der Waals surface area contributed by atoms with Crippen LogP contribution in [0.3, 0.4) is 0 Å². The van der Waals surface area contributed by atoms with E-state index in [9.17, 15) is 4.79 Å². The van der Waals surface area contributed by atoms with E-state index in [-0.39, 0.29) is 12.1 Å². The van der Waals surface area contributed by atoms with Crippen molar-refractivity contribution in [3.05, 3.63) is 35.9 Å². The molecule has 0 N–H and O–H groups in total. The Morgan fingerprint density at radius 3 is 2.79 bits per heavy atom. The highest BCUT2D eigenvalue weighted by molar-refractivity contribution is 5.72. The zero-order valence-corrected chi connectivity index (χ0v) is 11.8. The Hall–Kier alpha value is -1.35. The van der Waals surface area contributed by atoms with Crippen molar-refractivity contribution in [2.75, 3.05) is 13.6 Å². The maximum absolute atomic E-state index is 11.9. The smallest absolute Gasteiger partial charge is 0.310 e. The largest absolute Gasteiger partial charge is 0.462 e. The van der Waals surface area contributed by atoms with Crippen LogP contribution in [0.25, 0.3) is 0 Å². The van der Waals surface area contributed by atoms with Gasteiger partial charge in [0.1, 0.15) is 6.10 Å². The Kier molecular flexibility index (Phi) is 4.97. The number of carbonyl (C=O) groups excluding carboxylic acids is 1. The van der Waals surface area contributed by atoms with E-state index < -0.39 is 0 Å². The van der Waals surface area contributed by atoms with Crippen LogP contribution in [0.15, 0.2) is 30.3 Å². The second-order valence-electron chi connectivity index (χ2n) is 5.34. The van der Waals surface area contributed by atoms with Crippen molar-refractivity contribution in [3.63, 3.8) is 0 Å². The normalized spacial score (nSPS) is 24.1. The van der Waals surface area contributed by atoms with Crippen molar-refractivity contribution in [1.29, 1.82) is 0 Å². The molecular formula is C16H23NO2. The number of hydrogen-bond donors (Lipinski definition) is 0. The minimum atomic E-state index is -0.101. The second kappa shape index (κ2) is 6.71. The van der Waals surface area contributed by atoms with Crippen LogP contribution >= 0.6 is 0 Å². The predicted molar refractivity (Wildman–Crippen MR) is 76.0 cm³/mol. The Morgan fingerprint density at radius 1 is 1.37 bits per heavy atom. The van der Waals surface area contributed by atoms with Crippen molar-refractivity contribution in [2.24, 2.45) is 0 Å². The number of benzene rings is 1. The SMILES string of the molecule is CCC1C[C@@H](OC(=O)Cc2ccccc2)CCN1C. The molecule has 104 valence electrons. The summed E-state index contributed by atoms with van der Waals surface area (Å²) >= 11 is 0. The van der Waals surface area contributed by atoms with Crippen molar-refractivity contribution < 1.29 is 9.53 Å². The van der Waals surface area contributed by atoms with Gasteiger partial charge in [0.05, 0.1) is 6.42 Å². The molecule has 1 unspecified atom stereocenters. The lowest BCUT2D eigenvalue weighted by Gasteiger charge is -2.36. The number of rotatable bonds is 4. The summed E-state index contributed by atoms with van der Waals surface area (Å²) in [6.45, 7) is 3.21. The fraction of sp³-hybridized carbons (Fsp3) is 0.562. The third kappa shape index (κ3) is 4.06. The summed E-state index contributed by atoms with van der Waals surface area (Å²) in [5.74, 6) is -0.101. The van der Waals surface area contributed by atoms with Gasteiger partial charge in [-0.15, -0.1) is 0 Å². The van der Waals surface area contributed by atoms with E-state index >= 15 is 0 Å². The van der Waals surface area contributed by atoms with E-state index in [4.69, 9.17) is 4.74 Å². The molecule has 1 aromatic carbocycles. The third-order valence-electron chi connectivity index (χ3n) is 3.92. The lowest BCUT2D eigenvalue weighted by atomic mass is 9.98. The first-order valence-electron chi connectivity index (χ1n) is 7.12. The molecule has 3 nitrogen and oxygen atoms in total. The molecule has 0 bridgehead atoms. The first kappa shape index (κ1) is 14.1. The molecule has 0 spiro atoms. The fourth-order valence-electron chi connectivity index (χ4n) is 2.71. The first-order chi connectivity index (χ1) is 9.19. The van der Waals surface area contributed by atoms with Crippen molar-refractivity contribution >= 4 is 5.97 Å². The summed E-state index contributed by atoms with van der Waals surface area (Å²) < 4.78 is 5.61. The second-order valence-corrected chi connectivity index (χ2v) is 5.34. The molecule has 0 saturated carbocycles. The summed E-state index contributed by atoms with van der Waals surface area (Å²) in [6.07, 6.45) is 3.51. The number of ether oxygens (including phenoxy) is 1. The Bertz CT molecular complexity index is 404. The van der Waals surface area contributed by atoms with Gasteiger partial charge in [0.2, 0.25) is 0 Å². The average molecular weight is 261 g/mol. The maximum atomic E-state index is 11.9. The molecule has 1 fully saturated rings. The van der Waals surface area contributed by atoms with Gasteiger partial charge >= 0.3 is 5.97 Å². The van der Waals surface area contributed by atoms with Crippen LogP contribution in [0.5, 0.6) is 0 Å². The molecule has 1 heterocycles. The van der Waals surface area contributed by atoms with Crippen LogP contribution in [0.4, 0.5) is 0 Å². The van der Waals surface area contributed by atoms with Crippen LogP contribution in [-0.4, -0.2) is 36.6 Å². The Morgan fingerprint density at radius 2 is 2.11 bits per heavy atom. The van der Waals surface area contributed by atoms with E-state index in [0.717, 1.165) is 31.4 Å². The summed E-state index contributed by atoms with van der Waals surface area (Å²) in [4.78, 5) is 14.3. The zero-order chi connectivity index (χ0) is 13.7. The van der Waals surface area contributed by atoms with E-state index in [0.29, 0.717) is 12.5 Å². The molecule has 3 heteroatoms. The van der Waals surface area contributed by atoms with Gasteiger partial charge in [-0.25, -0.2) is 0 Å². The summed E-state index contributed by atoms with van der Waals surface area (Å²) in [5, 5.41) is 0. The highest BCUT2D eigenvalue weighted by atomic mass is 16.5. The predicted octanol–water partition coefficient (Wildman–Crippen LogP) is 2.65. The van der Waals surface area contributed by atoms with Crippen molar-refractivity contribution in [2.45, 2.75) is 44.8 Å². The molecule has 0 radical (unpaired) electrons. The number of carbonyl (C=O) groups is 1. The lowest BCUT2D eigenvalue weighted by molar-refractivity contribution is -0.151. The lowest BCUT2D eigenvalue weighted by Crippen LogP contribution is -2.42. The van der Waals surface area contributed by atoms with Crippen molar-refractivity contribution in [3.8, 4) is 0 Å². The van der Waals surface area contributed by atoms with Crippen molar-refractivity contribution in [1.82, 2.24) is 4.90 Å². The number of esters is 1. The van der Waals surface area contributed by atoms with Crippen LogP contribution in [0.2, 0.25) is 0 Å². The highest BCUT2D eigenvalue weighted by Crippen LogP contribution is 2.21. The van der Waals surface area contributed by atoms with Crippen LogP contribution < -0.4 is 0 Å². The number of nitrogens with zero attached hydrogens (tertiary/aromatic N) is 1. The molecule has 0 amide bonds. The number of likely N-dealkylation sites (tertiary alicyclic amines) is 1. The number of hydrogen-bond acceptors (Lipinski definition) is 3. The topological polar surface area (TPSA) is 29.5 Å². The molecule has 2 rings (SSSR count). The van der Waals surface area contributed by atoms with Gasteiger partial charge in [-0.3, -0.25) is 4.79 Å². The van der Waals surface area contributed by atoms with Gasteiger partial charge in [0.25, 0.3) is 0 Å². The van der Waals surface area contributed by atoms with E-state index in [2.05, 4.69) is 18.9 Å². The minimum absolute atomic E-state index is 0.0948. The molecule has 0 aliphatic carbocycles. The van der Waals surface area contributed by atoms with E-state index in [1.165, 1.54) is 0 Å². The fourth-order valence-corrected chi connectivity index (χ4v) is 2.71. The monoisotopic (exact) mass is 261 g/mol. The van der Waals surface area contributed by atoms with Gasteiger partial charge < -0.3 is 9.64 Å². The van der Waals surface area contributed by atoms with Gasteiger partial charge in [0, 0.05) is 12.6 Å². The Balaban J connectivity index is 1.82. The standard InChI is InChI=1S/C16H23NO2/c1-3-14-12-15(9-10-17(14)2)19-16(18)11-13-7-5-4-6-8-13/h4-8,14-15H,3,9-12H2,1-2H3/t14?,15-/m0/s1. The highest BCUT2D eigenvalue weighted by Gasteiger charge is 2.27. The molecule has 1 aliphatic rings.